The number of carbonyl (C=O) groups excluding carboxylic acids is 2. The lowest BCUT2D eigenvalue weighted by molar-refractivity contribution is 0.0894. The number of Topliss-reactive ketones (excluding diaryl/α,β-unsaturated/α-hetero) is 2. The fourth-order valence-corrected chi connectivity index (χ4v) is 1.92. The smallest absolute Gasteiger partial charge is 0.170 e. The minimum absolute atomic E-state index is 0.167. The van der Waals surface area contributed by atoms with Gasteiger partial charge >= 0.3 is 0 Å². The molecule has 0 fully saturated rings. The fraction of sp³-hybridized carbons (Fsp3) is 0.176. The monoisotopic (exact) mass is 284 g/mol. The van der Waals surface area contributed by atoms with Crippen molar-refractivity contribution >= 4 is 11.6 Å². The Kier molecular flexibility index (Phi) is 4.72. The number of carbonyl (C=O) groups is 2. The Morgan fingerprint density at radius 3 is 2.05 bits per heavy atom. The van der Waals surface area contributed by atoms with Gasteiger partial charge in [-0.25, -0.2) is 0 Å². The molecule has 21 heavy (non-hydrogen) atoms. The summed E-state index contributed by atoms with van der Waals surface area (Å²) in [7, 11) is 3.09. The van der Waals surface area contributed by atoms with Gasteiger partial charge in [-0.1, -0.05) is 12.1 Å². The SMILES string of the molecule is COc1ccc(C(=O)CC(=O)c2cccc(OC)c2)cc1. The number of hydrogen-bond donors (Lipinski definition) is 0. The summed E-state index contributed by atoms with van der Waals surface area (Å²) in [6, 6.07) is 13.5. The maximum absolute atomic E-state index is 12.1. The van der Waals surface area contributed by atoms with Gasteiger partial charge < -0.3 is 9.47 Å². The summed E-state index contributed by atoms with van der Waals surface area (Å²) in [6.07, 6.45) is -0.167. The predicted molar refractivity (Wildman–Crippen MR) is 79.3 cm³/mol. The number of ketones is 2. The van der Waals surface area contributed by atoms with E-state index in [4.69, 9.17) is 9.47 Å². The minimum atomic E-state index is -0.227. The molecule has 0 aliphatic carbocycles. The van der Waals surface area contributed by atoms with Crippen molar-refractivity contribution in [3.8, 4) is 11.5 Å². The Hall–Kier alpha value is -2.62. The van der Waals surface area contributed by atoms with Crippen molar-refractivity contribution in [2.75, 3.05) is 14.2 Å². The third kappa shape index (κ3) is 3.69. The zero-order valence-corrected chi connectivity index (χ0v) is 12.0. The van der Waals surface area contributed by atoms with Gasteiger partial charge in [0.1, 0.15) is 11.5 Å². The van der Waals surface area contributed by atoms with Crippen molar-refractivity contribution in [2.24, 2.45) is 0 Å². The summed E-state index contributed by atoms with van der Waals surface area (Å²) in [5.41, 5.74) is 0.961. The molecule has 0 aromatic heterocycles. The van der Waals surface area contributed by atoms with Crippen LogP contribution in [0.4, 0.5) is 0 Å². The van der Waals surface area contributed by atoms with Crippen molar-refractivity contribution in [3.63, 3.8) is 0 Å². The first kappa shape index (κ1) is 14.8. The molecule has 4 heteroatoms. The quantitative estimate of drug-likeness (QED) is 0.604. The summed E-state index contributed by atoms with van der Waals surface area (Å²) in [5, 5.41) is 0. The predicted octanol–water partition coefficient (Wildman–Crippen LogP) is 3.16. The molecule has 0 atom stereocenters. The van der Waals surface area contributed by atoms with Crippen molar-refractivity contribution in [3.05, 3.63) is 59.7 Å². The van der Waals surface area contributed by atoms with Gasteiger partial charge in [-0.3, -0.25) is 9.59 Å². The molecule has 0 aliphatic rings. The van der Waals surface area contributed by atoms with Crippen molar-refractivity contribution in [2.45, 2.75) is 6.42 Å². The minimum Gasteiger partial charge on any atom is -0.497 e. The van der Waals surface area contributed by atoms with Gasteiger partial charge in [-0.15, -0.1) is 0 Å². The Balaban J connectivity index is 2.08. The second kappa shape index (κ2) is 6.70. The first-order valence-electron chi connectivity index (χ1n) is 6.48. The Morgan fingerprint density at radius 2 is 1.43 bits per heavy atom. The van der Waals surface area contributed by atoms with Gasteiger partial charge in [-0.05, 0) is 36.4 Å². The van der Waals surface area contributed by atoms with E-state index in [2.05, 4.69) is 0 Å². The maximum atomic E-state index is 12.1. The standard InChI is InChI=1S/C17H16O4/c1-20-14-8-6-12(7-9-14)16(18)11-17(19)13-4-3-5-15(10-13)21-2/h3-10H,11H2,1-2H3. The number of hydrogen-bond acceptors (Lipinski definition) is 4. The number of rotatable bonds is 6. The van der Waals surface area contributed by atoms with Crippen LogP contribution in [0, 0.1) is 0 Å². The van der Waals surface area contributed by atoms with E-state index in [-0.39, 0.29) is 18.0 Å². The van der Waals surface area contributed by atoms with E-state index in [1.54, 1.807) is 55.6 Å². The van der Waals surface area contributed by atoms with Crippen LogP contribution in [-0.2, 0) is 0 Å². The maximum Gasteiger partial charge on any atom is 0.170 e. The number of methoxy groups -OCH3 is 2. The van der Waals surface area contributed by atoms with Crippen LogP contribution in [0.15, 0.2) is 48.5 Å². The first-order chi connectivity index (χ1) is 10.1. The van der Waals surface area contributed by atoms with Crippen LogP contribution >= 0.6 is 0 Å². The van der Waals surface area contributed by atoms with Gasteiger partial charge in [0, 0.05) is 11.1 Å². The molecule has 0 amide bonds. The molecule has 0 heterocycles. The largest absolute Gasteiger partial charge is 0.497 e. The fourth-order valence-electron chi connectivity index (χ4n) is 1.92. The van der Waals surface area contributed by atoms with Gasteiger partial charge in [0.25, 0.3) is 0 Å². The molecule has 0 unspecified atom stereocenters. The lowest BCUT2D eigenvalue weighted by atomic mass is 10.0. The Labute approximate surface area is 123 Å². The van der Waals surface area contributed by atoms with Crippen LogP contribution in [0.3, 0.4) is 0 Å². The zero-order valence-electron chi connectivity index (χ0n) is 12.0. The lowest BCUT2D eigenvalue weighted by Crippen LogP contribution is -2.08. The van der Waals surface area contributed by atoms with Gasteiger partial charge in [0.15, 0.2) is 11.6 Å². The normalized spacial score (nSPS) is 10.0. The molecule has 0 N–H and O–H groups in total. The molecular weight excluding hydrogens is 268 g/mol. The van der Waals surface area contributed by atoms with Crippen molar-refractivity contribution in [1.82, 2.24) is 0 Å². The van der Waals surface area contributed by atoms with Crippen LogP contribution in [0.1, 0.15) is 27.1 Å². The zero-order chi connectivity index (χ0) is 15.2. The summed E-state index contributed by atoms with van der Waals surface area (Å²) < 4.78 is 10.1. The van der Waals surface area contributed by atoms with E-state index in [0.717, 1.165) is 0 Å². The molecule has 4 nitrogen and oxygen atoms in total. The Morgan fingerprint density at radius 1 is 0.810 bits per heavy atom. The van der Waals surface area contributed by atoms with Gasteiger partial charge in [-0.2, -0.15) is 0 Å². The van der Waals surface area contributed by atoms with Crippen LogP contribution < -0.4 is 9.47 Å². The molecule has 0 saturated carbocycles. The highest BCUT2D eigenvalue weighted by molar-refractivity contribution is 6.13. The molecular formula is C17H16O4. The lowest BCUT2D eigenvalue weighted by Gasteiger charge is -2.05. The van der Waals surface area contributed by atoms with Crippen LogP contribution in [0.5, 0.6) is 11.5 Å². The average molecular weight is 284 g/mol. The van der Waals surface area contributed by atoms with Gasteiger partial charge in [0.05, 0.1) is 20.6 Å². The summed E-state index contributed by atoms with van der Waals surface area (Å²) in [6.45, 7) is 0. The third-order valence-corrected chi connectivity index (χ3v) is 3.12. The molecule has 2 rings (SSSR count). The Bertz CT molecular complexity index is 644. The molecule has 0 spiro atoms. The molecule has 0 radical (unpaired) electrons. The molecule has 2 aromatic rings. The van der Waals surface area contributed by atoms with Crippen molar-refractivity contribution in [1.29, 1.82) is 0 Å². The van der Waals surface area contributed by atoms with E-state index in [1.165, 1.54) is 7.11 Å². The van der Waals surface area contributed by atoms with Crippen LogP contribution in [0.25, 0.3) is 0 Å². The second-order valence-corrected chi connectivity index (χ2v) is 4.48. The van der Waals surface area contributed by atoms with Crippen LogP contribution in [0.2, 0.25) is 0 Å². The highest BCUT2D eigenvalue weighted by atomic mass is 16.5. The van der Waals surface area contributed by atoms with E-state index in [0.29, 0.717) is 22.6 Å². The number of ether oxygens (including phenoxy) is 2. The molecule has 2 aromatic carbocycles. The number of benzene rings is 2. The van der Waals surface area contributed by atoms with Crippen LogP contribution in [-0.4, -0.2) is 25.8 Å². The second-order valence-electron chi connectivity index (χ2n) is 4.48. The third-order valence-electron chi connectivity index (χ3n) is 3.12. The highest BCUT2D eigenvalue weighted by Crippen LogP contribution is 2.17. The van der Waals surface area contributed by atoms with E-state index < -0.39 is 0 Å². The summed E-state index contributed by atoms with van der Waals surface area (Å²) >= 11 is 0. The molecule has 0 bridgehead atoms. The average Bonchev–Trinajstić information content (AvgIpc) is 2.54. The molecule has 108 valence electrons. The molecule has 0 saturated heterocycles. The highest BCUT2D eigenvalue weighted by Gasteiger charge is 2.14. The van der Waals surface area contributed by atoms with Crippen molar-refractivity contribution < 1.29 is 19.1 Å². The van der Waals surface area contributed by atoms with E-state index in [1.807, 2.05) is 0 Å². The first-order valence-corrected chi connectivity index (χ1v) is 6.48. The molecule has 0 aliphatic heterocycles. The summed E-state index contributed by atoms with van der Waals surface area (Å²) in [4.78, 5) is 24.2. The summed E-state index contributed by atoms with van der Waals surface area (Å²) in [5.74, 6) is 0.823. The topological polar surface area (TPSA) is 52.6 Å². The van der Waals surface area contributed by atoms with E-state index >= 15 is 0 Å². The van der Waals surface area contributed by atoms with Gasteiger partial charge in [0.2, 0.25) is 0 Å². The van der Waals surface area contributed by atoms with E-state index in [9.17, 15) is 9.59 Å².